The molecule has 4 rings (SSSR count). The molecule has 0 aromatic carbocycles. The van der Waals surface area contributed by atoms with Crippen molar-refractivity contribution in [1.29, 1.82) is 0 Å². The van der Waals surface area contributed by atoms with E-state index < -0.39 is 0 Å². The molecule has 0 radical (unpaired) electrons. The number of fused-ring (bicyclic) bond motifs is 1. The fourth-order valence-corrected chi connectivity index (χ4v) is 3.29. The Morgan fingerprint density at radius 1 is 1.22 bits per heavy atom. The van der Waals surface area contributed by atoms with Crippen molar-refractivity contribution in [3.63, 3.8) is 0 Å². The lowest BCUT2D eigenvalue weighted by Crippen LogP contribution is -2.36. The molecule has 0 N–H and O–H groups in total. The van der Waals surface area contributed by atoms with Gasteiger partial charge >= 0.3 is 0 Å². The Morgan fingerprint density at radius 2 is 2.09 bits per heavy atom. The Bertz CT molecular complexity index is 677. The van der Waals surface area contributed by atoms with Gasteiger partial charge in [-0.3, -0.25) is 4.68 Å². The predicted octanol–water partition coefficient (Wildman–Crippen LogP) is 2.05. The van der Waals surface area contributed by atoms with Crippen molar-refractivity contribution in [2.75, 3.05) is 24.7 Å². The fourth-order valence-electron chi connectivity index (χ4n) is 3.29. The van der Waals surface area contributed by atoms with Crippen LogP contribution in [0.2, 0.25) is 0 Å². The Hall–Kier alpha value is -1.95. The number of aromatic nitrogens is 4. The van der Waals surface area contributed by atoms with Gasteiger partial charge in [0.15, 0.2) is 5.82 Å². The first kappa shape index (κ1) is 14.6. The topological polar surface area (TPSA) is 56.1 Å². The van der Waals surface area contributed by atoms with Gasteiger partial charge in [-0.2, -0.15) is 10.2 Å². The maximum Gasteiger partial charge on any atom is 0.151 e. The zero-order chi connectivity index (χ0) is 15.8. The molecule has 1 saturated carbocycles. The molecule has 122 valence electrons. The van der Waals surface area contributed by atoms with E-state index in [0.717, 1.165) is 43.7 Å². The van der Waals surface area contributed by atoms with Crippen LogP contribution in [0.25, 0.3) is 0 Å². The molecule has 1 aliphatic carbocycles. The summed E-state index contributed by atoms with van der Waals surface area (Å²) in [5.41, 5.74) is 3.51. The van der Waals surface area contributed by atoms with E-state index in [1.807, 2.05) is 37.0 Å². The minimum Gasteiger partial charge on any atom is -0.380 e. The van der Waals surface area contributed by atoms with Crippen LogP contribution in [0.3, 0.4) is 0 Å². The second-order valence-electron chi connectivity index (χ2n) is 6.77. The summed E-state index contributed by atoms with van der Waals surface area (Å²) in [7, 11) is 2.02. The van der Waals surface area contributed by atoms with E-state index in [2.05, 4.69) is 20.2 Å². The summed E-state index contributed by atoms with van der Waals surface area (Å²) in [6.07, 6.45) is 4.62. The molecular weight excluding hydrogens is 290 g/mol. The lowest BCUT2D eigenvalue weighted by atomic mass is 9.97. The van der Waals surface area contributed by atoms with Crippen molar-refractivity contribution in [2.45, 2.75) is 32.2 Å². The first-order valence-electron chi connectivity index (χ1n) is 8.34. The molecule has 2 aromatic heterocycles. The number of ether oxygens (including phenoxy) is 1. The van der Waals surface area contributed by atoms with Crippen molar-refractivity contribution >= 4 is 5.82 Å². The van der Waals surface area contributed by atoms with E-state index >= 15 is 0 Å². The molecule has 0 spiro atoms. The van der Waals surface area contributed by atoms with Crippen LogP contribution in [-0.4, -0.2) is 39.7 Å². The average molecular weight is 313 g/mol. The maximum atomic E-state index is 5.98. The molecule has 6 nitrogen and oxygen atoms in total. The number of aryl methyl sites for hydroxylation is 2. The second kappa shape index (κ2) is 5.92. The van der Waals surface area contributed by atoms with E-state index in [9.17, 15) is 0 Å². The molecule has 1 aliphatic heterocycles. The molecule has 1 atom stereocenters. The lowest BCUT2D eigenvalue weighted by Gasteiger charge is -2.33. The van der Waals surface area contributed by atoms with Gasteiger partial charge in [-0.25, -0.2) is 0 Å². The summed E-state index contributed by atoms with van der Waals surface area (Å²) >= 11 is 0. The van der Waals surface area contributed by atoms with Crippen molar-refractivity contribution in [3.05, 3.63) is 35.3 Å². The van der Waals surface area contributed by atoms with Crippen molar-refractivity contribution < 1.29 is 4.74 Å². The molecule has 0 amide bonds. The van der Waals surface area contributed by atoms with E-state index in [-0.39, 0.29) is 0 Å². The molecule has 0 bridgehead atoms. The minimum absolute atomic E-state index is 0.327. The van der Waals surface area contributed by atoms with Gasteiger partial charge in [0.05, 0.1) is 24.2 Å². The Kier molecular flexibility index (Phi) is 3.77. The van der Waals surface area contributed by atoms with E-state index in [1.54, 1.807) is 0 Å². The summed E-state index contributed by atoms with van der Waals surface area (Å²) in [5.74, 6) is 2.05. The van der Waals surface area contributed by atoms with Gasteiger partial charge in [0.1, 0.15) is 0 Å². The van der Waals surface area contributed by atoms with Crippen LogP contribution in [0.5, 0.6) is 0 Å². The SMILES string of the molecule is Cc1ccc(N2Cc3cnn(C)c3C(COCC3CC3)C2)nn1. The lowest BCUT2D eigenvalue weighted by molar-refractivity contribution is 0.108. The Balaban J connectivity index is 1.53. The highest BCUT2D eigenvalue weighted by Crippen LogP contribution is 2.32. The number of anilines is 1. The smallest absolute Gasteiger partial charge is 0.151 e. The van der Waals surface area contributed by atoms with Crippen LogP contribution >= 0.6 is 0 Å². The molecule has 6 heteroatoms. The highest BCUT2D eigenvalue weighted by Gasteiger charge is 2.30. The average Bonchev–Trinajstić information content (AvgIpc) is 3.30. The summed E-state index contributed by atoms with van der Waals surface area (Å²) in [6, 6.07) is 4.06. The standard InChI is InChI=1S/C17H23N5O/c1-12-3-6-16(20-19-12)22-8-14-7-18-21(2)17(14)15(9-22)11-23-10-13-4-5-13/h3,6-7,13,15H,4-5,8-11H2,1-2H3. The fraction of sp³-hybridized carbons (Fsp3) is 0.588. The highest BCUT2D eigenvalue weighted by molar-refractivity contribution is 5.43. The predicted molar refractivity (Wildman–Crippen MR) is 87.3 cm³/mol. The Labute approximate surface area is 136 Å². The van der Waals surface area contributed by atoms with Gasteiger partial charge in [0.25, 0.3) is 0 Å². The quantitative estimate of drug-likeness (QED) is 0.845. The van der Waals surface area contributed by atoms with Gasteiger partial charge < -0.3 is 9.64 Å². The zero-order valence-corrected chi connectivity index (χ0v) is 13.8. The summed E-state index contributed by atoms with van der Waals surface area (Å²) in [4.78, 5) is 2.28. The van der Waals surface area contributed by atoms with E-state index in [0.29, 0.717) is 5.92 Å². The highest BCUT2D eigenvalue weighted by atomic mass is 16.5. The molecule has 1 unspecified atom stereocenters. The second-order valence-corrected chi connectivity index (χ2v) is 6.77. The number of hydrogen-bond acceptors (Lipinski definition) is 5. The van der Waals surface area contributed by atoms with Crippen LogP contribution in [0.4, 0.5) is 5.82 Å². The Morgan fingerprint density at radius 3 is 2.83 bits per heavy atom. The largest absolute Gasteiger partial charge is 0.380 e. The summed E-state index contributed by atoms with van der Waals surface area (Å²) in [5, 5.41) is 13.0. The van der Waals surface area contributed by atoms with Gasteiger partial charge in [-0.15, -0.1) is 5.10 Å². The maximum absolute atomic E-state index is 5.98. The third kappa shape index (κ3) is 3.08. The third-order valence-electron chi connectivity index (χ3n) is 4.73. The van der Waals surface area contributed by atoms with Crippen molar-refractivity contribution in [1.82, 2.24) is 20.0 Å². The number of rotatable bonds is 5. The van der Waals surface area contributed by atoms with E-state index in [4.69, 9.17) is 4.74 Å². The van der Waals surface area contributed by atoms with Crippen molar-refractivity contribution in [3.8, 4) is 0 Å². The molecule has 2 aromatic rings. The molecule has 0 saturated heterocycles. The van der Waals surface area contributed by atoms with Gasteiger partial charge in [0.2, 0.25) is 0 Å². The zero-order valence-electron chi connectivity index (χ0n) is 13.8. The van der Waals surface area contributed by atoms with E-state index in [1.165, 1.54) is 24.1 Å². The summed E-state index contributed by atoms with van der Waals surface area (Å²) < 4.78 is 7.98. The molecule has 3 heterocycles. The van der Waals surface area contributed by atoms with Gasteiger partial charge in [-0.1, -0.05) is 0 Å². The monoisotopic (exact) mass is 313 g/mol. The van der Waals surface area contributed by atoms with Crippen LogP contribution in [0.1, 0.15) is 35.7 Å². The summed E-state index contributed by atoms with van der Waals surface area (Å²) in [6.45, 7) is 5.34. The van der Waals surface area contributed by atoms with Gasteiger partial charge in [0, 0.05) is 38.2 Å². The molecular formula is C17H23N5O. The first-order valence-corrected chi connectivity index (χ1v) is 8.34. The molecule has 2 aliphatic rings. The minimum atomic E-state index is 0.327. The number of hydrogen-bond donors (Lipinski definition) is 0. The molecule has 1 fully saturated rings. The van der Waals surface area contributed by atoms with Gasteiger partial charge in [-0.05, 0) is 37.8 Å². The third-order valence-corrected chi connectivity index (χ3v) is 4.73. The van der Waals surface area contributed by atoms with Crippen LogP contribution in [0, 0.1) is 12.8 Å². The van der Waals surface area contributed by atoms with Crippen LogP contribution in [-0.2, 0) is 18.3 Å². The van der Waals surface area contributed by atoms with Crippen LogP contribution < -0.4 is 4.90 Å². The van der Waals surface area contributed by atoms with Crippen LogP contribution in [0.15, 0.2) is 18.3 Å². The first-order chi connectivity index (χ1) is 11.2. The van der Waals surface area contributed by atoms with Crippen molar-refractivity contribution in [2.24, 2.45) is 13.0 Å². The normalized spacial score (nSPS) is 20.6. The number of nitrogens with zero attached hydrogens (tertiary/aromatic N) is 5. The molecule has 23 heavy (non-hydrogen) atoms.